The quantitative estimate of drug-likeness (QED) is 0.660. The Morgan fingerprint density at radius 3 is 2.85 bits per heavy atom. The minimum atomic E-state index is -0.0916. The van der Waals surface area contributed by atoms with Crippen LogP contribution in [0.15, 0.2) is 61.2 Å². The summed E-state index contributed by atoms with van der Waals surface area (Å²) in [5.74, 6) is 0.589. The predicted octanol–water partition coefficient (Wildman–Crippen LogP) is 3.98. The van der Waals surface area contributed by atoms with Gasteiger partial charge in [0.15, 0.2) is 0 Å². The molecular weight excluding hydrogens is 352 g/mol. The van der Waals surface area contributed by atoms with E-state index < -0.39 is 0 Å². The first-order valence-corrected chi connectivity index (χ1v) is 8.50. The van der Waals surface area contributed by atoms with Gasteiger partial charge in [-0.3, -0.25) is 4.79 Å². The van der Waals surface area contributed by atoms with Gasteiger partial charge in [0.25, 0.3) is 0 Å². The monoisotopic (exact) mass is 370 g/mol. The fourth-order valence-electron chi connectivity index (χ4n) is 2.55. The number of anilines is 2. The largest absolute Gasteiger partial charge is 0.495 e. The SMILES string of the molecule is COc1ccc(Cl)cc1NCCC(=O)Nc1ccccc1-n1ccnc1. The molecule has 2 N–H and O–H groups in total. The van der Waals surface area contributed by atoms with Crippen molar-refractivity contribution in [2.75, 3.05) is 24.3 Å². The maximum absolute atomic E-state index is 12.3. The topological polar surface area (TPSA) is 68.2 Å². The van der Waals surface area contributed by atoms with Gasteiger partial charge < -0.3 is 19.9 Å². The molecule has 0 aliphatic heterocycles. The van der Waals surface area contributed by atoms with Gasteiger partial charge in [0, 0.05) is 30.4 Å². The summed E-state index contributed by atoms with van der Waals surface area (Å²) in [6.45, 7) is 0.454. The van der Waals surface area contributed by atoms with Crippen molar-refractivity contribution in [2.24, 2.45) is 0 Å². The number of carbonyl (C=O) groups excluding carboxylic acids is 1. The van der Waals surface area contributed by atoms with E-state index in [2.05, 4.69) is 15.6 Å². The fourth-order valence-corrected chi connectivity index (χ4v) is 2.72. The Kier molecular flexibility index (Phi) is 5.76. The number of hydrogen-bond donors (Lipinski definition) is 2. The van der Waals surface area contributed by atoms with E-state index in [1.807, 2.05) is 35.0 Å². The molecule has 3 aromatic rings. The zero-order valence-corrected chi connectivity index (χ0v) is 15.0. The number of hydrogen-bond acceptors (Lipinski definition) is 4. The Bertz CT molecular complexity index is 881. The van der Waals surface area contributed by atoms with E-state index in [4.69, 9.17) is 16.3 Å². The molecule has 26 heavy (non-hydrogen) atoms. The first kappa shape index (κ1) is 17.8. The van der Waals surface area contributed by atoms with Crippen LogP contribution in [0.5, 0.6) is 5.75 Å². The second kappa shape index (κ2) is 8.40. The van der Waals surface area contributed by atoms with Gasteiger partial charge in [0.1, 0.15) is 5.75 Å². The summed E-state index contributed by atoms with van der Waals surface area (Å²) in [6, 6.07) is 12.9. The van der Waals surface area contributed by atoms with Crippen molar-refractivity contribution in [2.45, 2.75) is 6.42 Å². The third-order valence-electron chi connectivity index (χ3n) is 3.79. The molecule has 134 valence electrons. The zero-order chi connectivity index (χ0) is 18.4. The van der Waals surface area contributed by atoms with Crippen molar-refractivity contribution in [3.05, 3.63) is 66.2 Å². The number of rotatable bonds is 7. The minimum absolute atomic E-state index is 0.0916. The maximum Gasteiger partial charge on any atom is 0.226 e. The molecule has 0 saturated heterocycles. The van der Waals surface area contributed by atoms with Crippen molar-refractivity contribution in [3.63, 3.8) is 0 Å². The molecule has 1 amide bonds. The molecule has 0 aliphatic carbocycles. The number of amides is 1. The third-order valence-corrected chi connectivity index (χ3v) is 4.02. The summed E-state index contributed by atoms with van der Waals surface area (Å²) >= 11 is 6.01. The highest BCUT2D eigenvalue weighted by atomic mass is 35.5. The first-order valence-electron chi connectivity index (χ1n) is 8.12. The van der Waals surface area contributed by atoms with E-state index in [0.29, 0.717) is 23.7 Å². The van der Waals surface area contributed by atoms with Crippen LogP contribution in [0.4, 0.5) is 11.4 Å². The molecule has 1 heterocycles. The lowest BCUT2D eigenvalue weighted by Crippen LogP contribution is -2.17. The lowest BCUT2D eigenvalue weighted by Gasteiger charge is -2.13. The number of benzene rings is 2. The Morgan fingerprint density at radius 2 is 2.08 bits per heavy atom. The minimum Gasteiger partial charge on any atom is -0.495 e. The number of ether oxygens (including phenoxy) is 1. The van der Waals surface area contributed by atoms with Gasteiger partial charge in [0.05, 0.1) is 30.5 Å². The van der Waals surface area contributed by atoms with E-state index in [-0.39, 0.29) is 5.91 Å². The van der Waals surface area contributed by atoms with E-state index in [1.54, 1.807) is 37.8 Å². The van der Waals surface area contributed by atoms with Crippen LogP contribution in [0.1, 0.15) is 6.42 Å². The number of imidazole rings is 1. The smallest absolute Gasteiger partial charge is 0.226 e. The average molecular weight is 371 g/mol. The molecule has 2 aromatic carbocycles. The van der Waals surface area contributed by atoms with E-state index in [0.717, 1.165) is 17.1 Å². The van der Waals surface area contributed by atoms with Gasteiger partial charge >= 0.3 is 0 Å². The number of aromatic nitrogens is 2. The summed E-state index contributed by atoms with van der Waals surface area (Å²) in [6.07, 6.45) is 5.52. The Labute approximate surface area is 156 Å². The van der Waals surface area contributed by atoms with E-state index >= 15 is 0 Å². The Hall–Kier alpha value is -2.99. The van der Waals surface area contributed by atoms with Crippen molar-refractivity contribution in [1.82, 2.24) is 9.55 Å². The summed E-state index contributed by atoms with van der Waals surface area (Å²) in [4.78, 5) is 16.4. The number of para-hydroxylation sites is 2. The molecule has 3 rings (SSSR count). The van der Waals surface area contributed by atoms with Gasteiger partial charge in [0.2, 0.25) is 5.91 Å². The van der Waals surface area contributed by atoms with Crippen molar-refractivity contribution in [1.29, 1.82) is 0 Å². The summed E-state index contributed by atoms with van der Waals surface area (Å²) in [5.41, 5.74) is 2.35. The van der Waals surface area contributed by atoms with Crippen LogP contribution in [0.2, 0.25) is 5.02 Å². The number of carbonyl (C=O) groups is 1. The van der Waals surface area contributed by atoms with E-state index in [9.17, 15) is 4.79 Å². The molecule has 0 atom stereocenters. The van der Waals surface area contributed by atoms with Crippen molar-refractivity contribution < 1.29 is 9.53 Å². The molecule has 0 aliphatic rings. The molecular formula is C19H19ClN4O2. The van der Waals surface area contributed by atoms with Gasteiger partial charge in [-0.05, 0) is 30.3 Å². The van der Waals surface area contributed by atoms with Crippen molar-refractivity contribution >= 4 is 28.9 Å². The molecule has 0 saturated carbocycles. The number of nitrogens with zero attached hydrogens (tertiary/aromatic N) is 2. The van der Waals surface area contributed by atoms with Crippen LogP contribution in [0.3, 0.4) is 0 Å². The molecule has 0 bridgehead atoms. The van der Waals surface area contributed by atoms with Crippen LogP contribution in [0.25, 0.3) is 5.69 Å². The van der Waals surface area contributed by atoms with Crippen LogP contribution in [0, 0.1) is 0 Å². The molecule has 0 radical (unpaired) electrons. The van der Waals surface area contributed by atoms with Crippen LogP contribution in [-0.4, -0.2) is 29.1 Å². The molecule has 7 heteroatoms. The molecule has 0 fully saturated rings. The molecule has 0 unspecified atom stereocenters. The average Bonchev–Trinajstić information content (AvgIpc) is 3.17. The highest BCUT2D eigenvalue weighted by Gasteiger charge is 2.09. The normalized spacial score (nSPS) is 10.4. The maximum atomic E-state index is 12.3. The Morgan fingerprint density at radius 1 is 1.23 bits per heavy atom. The third kappa shape index (κ3) is 4.34. The van der Waals surface area contributed by atoms with Crippen LogP contribution in [-0.2, 0) is 4.79 Å². The second-order valence-corrected chi connectivity index (χ2v) is 5.99. The van der Waals surface area contributed by atoms with Gasteiger partial charge in [-0.25, -0.2) is 4.98 Å². The molecule has 0 spiro atoms. The number of halogens is 1. The lowest BCUT2D eigenvalue weighted by molar-refractivity contribution is -0.115. The second-order valence-electron chi connectivity index (χ2n) is 5.56. The van der Waals surface area contributed by atoms with Crippen LogP contribution >= 0.6 is 11.6 Å². The Balaban J connectivity index is 1.60. The van der Waals surface area contributed by atoms with Crippen LogP contribution < -0.4 is 15.4 Å². The van der Waals surface area contributed by atoms with Gasteiger partial charge in [-0.2, -0.15) is 0 Å². The first-order chi connectivity index (χ1) is 12.7. The molecule has 1 aromatic heterocycles. The summed E-state index contributed by atoms with van der Waals surface area (Å²) in [7, 11) is 1.59. The van der Waals surface area contributed by atoms with Gasteiger partial charge in [-0.15, -0.1) is 0 Å². The lowest BCUT2D eigenvalue weighted by atomic mass is 10.2. The van der Waals surface area contributed by atoms with E-state index in [1.165, 1.54) is 0 Å². The van der Waals surface area contributed by atoms with Crippen molar-refractivity contribution in [3.8, 4) is 11.4 Å². The predicted molar refractivity (Wildman–Crippen MR) is 103 cm³/mol. The zero-order valence-electron chi connectivity index (χ0n) is 14.3. The summed E-state index contributed by atoms with van der Waals surface area (Å²) < 4.78 is 7.13. The molecule has 6 nitrogen and oxygen atoms in total. The van der Waals surface area contributed by atoms with Gasteiger partial charge in [-0.1, -0.05) is 23.7 Å². The number of nitrogens with one attached hydrogen (secondary N) is 2. The number of methoxy groups -OCH3 is 1. The highest BCUT2D eigenvalue weighted by Crippen LogP contribution is 2.27. The highest BCUT2D eigenvalue weighted by molar-refractivity contribution is 6.30. The summed E-state index contributed by atoms with van der Waals surface area (Å²) in [5, 5.41) is 6.72. The standard InChI is InChI=1S/C19H19ClN4O2/c1-26-18-7-6-14(20)12-16(18)22-9-8-19(25)23-15-4-2-3-5-17(15)24-11-10-21-13-24/h2-7,10-13,22H,8-9H2,1H3,(H,23,25). The fraction of sp³-hybridized carbons (Fsp3) is 0.158.